The summed E-state index contributed by atoms with van der Waals surface area (Å²) in [4.78, 5) is 0. The molecule has 8 heteroatoms. The molecular formula is C33H40O8. The predicted molar refractivity (Wildman–Crippen MR) is 158 cm³/mol. The molecule has 1 fully saturated rings. The van der Waals surface area contributed by atoms with Crippen molar-refractivity contribution in [2.75, 3.05) is 49.3 Å². The number of ether oxygens (including phenoxy) is 7. The average molecular weight is 565 g/mol. The molecule has 1 saturated heterocycles. The molecule has 1 heterocycles. The molecule has 4 atom stereocenters. The van der Waals surface area contributed by atoms with Crippen molar-refractivity contribution in [3.05, 3.63) is 77.4 Å². The third-order valence-electron chi connectivity index (χ3n) is 7.61. The Kier molecular flexibility index (Phi) is 10.4. The van der Waals surface area contributed by atoms with Crippen molar-refractivity contribution in [3.8, 4) is 34.5 Å². The smallest absolute Gasteiger partial charge is 0.161 e. The summed E-state index contributed by atoms with van der Waals surface area (Å²) in [6, 6.07) is 17.2. The average Bonchev–Trinajstić information content (AvgIpc) is 3.03. The highest BCUT2D eigenvalue weighted by Crippen LogP contribution is 2.44. The minimum atomic E-state index is -0.724. The first-order valence-electron chi connectivity index (χ1n) is 13.6. The lowest BCUT2D eigenvalue weighted by Gasteiger charge is -2.38. The normalized spacial score (nSPS) is 19.4. The molecule has 0 radical (unpaired) electrons. The Morgan fingerprint density at radius 2 is 1.29 bits per heavy atom. The maximum absolute atomic E-state index is 11.4. The van der Waals surface area contributed by atoms with Crippen LogP contribution < -0.4 is 28.4 Å². The maximum Gasteiger partial charge on any atom is 0.161 e. The molecule has 0 unspecified atom stereocenters. The largest absolute Gasteiger partial charge is 0.493 e. The summed E-state index contributed by atoms with van der Waals surface area (Å²) in [6.07, 6.45) is 4.81. The molecule has 0 aromatic heterocycles. The van der Waals surface area contributed by atoms with Crippen molar-refractivity contribution < 1.29 is 38.3 Å². The van der Waals surface area contributed by atoms with Crippen molar-refractivity contribution in [2.45, 2.75) is 25.0 Å². The predicted octanol–water partition coefficient (Wildman–Crippen LogP) is 6.27. The van der Waals surface area contributed by atoms with E-state index < -0.39 is 6.10 Å². The number of hydrogen-bond donors (Lipinski definition) is 1. The zero-order valence-corrected chi connectivity index (χ0v) is 24.6. The third-order valence-corrected chi connectivity index (χ3v) is 7.61. The van der Waals surface area contributed by atoms with E-state index in [4.69, 9.17) is 33.2 Å². The van der Waals surface area contributed by atoms with Gasteiger partial charge in [-0.1, -0.05) is 30.4 Å². The van der Waals surface area contributed by atoms with Crippen LogP contribution in [-0.2, 0) is 4.74 Å². The third kappa shape index (κ3) is 6.89. The van der Waals surface area contributed by atoms with E-state index in [2.05, 4.69) is 12.2 Å². The molecule has 0 amide bonds. The molecule has 41 heavy (non-hydrogen) atoms. The van der Waals surface area contributed by atoms with Gasteiger partial charge < -0.3 is 38.3 Å². The summed E-state index contributed by atoms with van der Waals surface area (Å²) in [6.45, 7) is 0.407. The van der Waals surface area contributed by atoms with E-state index in [0.717, 1.165) is 29.5 Å². The Morgan fingerprint density at radius 1 is 0.732 bits per heavy atom. The molecule has 4 rings (SSSR count). The summed E-state index contributed by atoms with van der Waals surface area (Å²) in [7, 11) is 9.68. The molecule has 3 aromatic carbocycles. The number of aliphatic hydroxyl groups is 1. The van der Waals surface area contributed by atoms with Crippen LogP contribution in [0.15, 0.2) is 60.7 Å². The van der Waals surface area contributed by atoms with Crippen LogP contribution in [0.2, 0.25) is 0 Å². The van der Waals surface area contributed by atoms with Gasteiger partial charge in [-0.05, 0) is 71.8 Å². The molecule has 220 valence electrons. The van der Waals surface area contributed by atoms with Gasteiger partial charge >= 0.3 is 0 Å². The zero-order chi connectivity index (χ0) is 29.4. The number of hydrogen-bond acceptors (Lipinski definition) is 8. The van der Waals surface area contributed by atoms with Gasteiger partial charge in [0.2, 0.25) is 0 Å². The molecule has 0 saturated carbocycles. The Balaban J connectivity index is 1.59. The van der Waals surface area contributed by atoms with Gasteiger partial charge in [-0.3, -0.25) is 0 Å². The van der Waals surface area contributed by atoms with Crippen molar-refractivity contribution in [2.24, 2.45) is 11.8 Å². The molecule has 1 N–H and O–H groups in total. The second-order valence-electron chi connectivity index (χ2n) is 9.94. The second kappa shape index (κ2) is 14.1. The Bertz CT molecular complexity index is 1320. The van der Waals surface area contributed by atoms with Gasteiger partial charge in [-0.2, -0.15) is 0 Å². The van der Waals surface area contributed by atoms with Crippen LogP contribution in [0.25, 0.3) is 6.08 Å². The van der Waals surface area contributed by atoms with Crippen LogP contribution in [0, 0.1) is 11.8 Å². The first kappa shape index (κ1) is 30.1. The van der Waals surface area contributed by atoms with Crippen molar-refractivity contribution in [1.82, 2.24) is 0 Å². The number of benzene rings is 3. The van der Waals surface area contributed by atoms with E-state index in [9.17, 15) is 5.11 Å². The number of aliphatic hydroxyl groups excluding tert-OH is 1. The van der Waals surface area contributed by atoms with Gasteiger partial charge in [0.25, 0.3) is 0 Å². The van der Waals surface area contributed by atoms with E-state index in [0.29, 0.717) is 41.1 Å². The number of methoxy groups -OCH3 is 6. The quantitative estimate of drug-likeness (QED) is 0.276. The van der Waals surface area contributed by atoms with E-state index in [1.54, 1.807) is 42.7 Å². The lowest BCUT2D eigenvalue weighted by molar-refractivity contribution is -0.0901. The first-order chi connectivity index (χ1) is 20.0. The van der Waals surface area contributed by atoms with Crippen LogP contribution in [0.5, 0.6) is 34.5 Å². The fourth-order valence-corrected chi connectivity index (χ4v) is 5.43. The summed E-state index contributed by atoms with van der Waals surface area (Å²) in [5.74, 6) is 3.87. The Hall–Kier alpha value is -3.88. The van der Waals surface area contributed by atoms with Gasteiger partial charge in [0.1, 0.15) is 0 Å². The van der Waals surface area contributed by atoms with E-state index >= 15 is 0 Å². The van der Waals surface area contributed by atoms with Gasteiger partial charge in [-0.15, -0.1) is 0 Å². The minimum Gasteiger partial charge on any atom is -0.493 e. The van der Waals surface area contributed by atoms with Gasteiger partial charge in [-0.25, -0.2) is 0 Å². The lowest BCUT2D eigenvalue weighted by atomic mass is 9.79. The first-order valence-corrected chi connectivity index (χ1v) is 13.6. The highest BCUT2D eigenvalue weighted by molar-refractivity contribution is 5.56. The van der Waals surface area contributed by atoms with Gasteiger partial charge in [0.15, 0.2) is 34.5 Å². The molecular weight excluding hydrogens is 524 g/mol. The van der Waals surface area contributed by atoms with Crippen LogP contribution in [-0.4, -0.2) is 54.4 Å². The van der Waals surface area contributed by atoms with Crippen LogP contribution in [0.1, 0.15) is 41.7 Å². The van der Waals surface area contributed by atoms with Crippen LogP contribution in [0.4, 0.5) is 0 Å². The lowest BCUT2D eigenvalue weighted by Crippen LogP contribution is -2.32. The SMILES string of the molecule is COc1ccc(/C=C\C[C@@H]2C[C@@H]([C@@H](O)c3ccc(OC)c(OC)c3)CO[C@H]2c2ccc(OC)c(OC)c2)cc1OC. The Labute approximate surface area is 242 Å². The molecule has 0 bridgehead atoms. The van der Waals surface area contributed by atoms with Crippen molar-refractivity contribution in [1.29, 1.82) is 0 Å². The summed E-state index contributed by atoms with van der Waals surface area (Å²) in [5.41, 5.74) is 2.77. The number of allylic oxidation sites excluding steroid dienone is 1. The van der Waals surface area contributed by atoms with Gasteiger partial charge in [0.05, 0.1) is 61.5 Å². The van der Waals surface area contributed by atoms with Crippen LogP contribution in [0.3, 0.4) is 0 Å². The van der Waals surface area contributed by atoms with E-state index in [-0.39, 0.29) is 17.9 Å². The highest BCUT2D eigenvalue weighted by atomic mass is 16.5. The summed E-state index contributed by atoms with van der Waals surface area (Å²) < 4.78 is 39.1. The van der Waals surface area contributed by atoms with Crippen molar-refractivity contribution >= 4 is 6.08 Å². The second-order valence-corrected chi connectivity index (χ2v) is 9.94. The molecule has 1 aliphatic rings. The molecule has 3 aromatic rings. The summed E-state index contributed by atoms with van der Waals surface area (Å²) in [5, 5.41) is 11.4. The van der Waals surface area contributed by atoms with Crippen LogP contribution >= 0.6 is 0 Å². The monoisotopic (exact) mass is 564 g/mol. The zero-order valence-electron chi connectivity index (χ0n) is 24.6. The molecule has 0 aliphatic carbocycles. The standard InChI is InChI=1S/C33H40O8/c1-35-26-13-10-21(16-29(26)38-4)8-7-9-23-17-25(32(34)22-11-14-27(36-2)30(18-22)39-5)20-41-33(23)24-12-15-28(37-3)31(19-24)40-6/h7-8,10-16,18-19,23,25,32-34H,9,17,20H2,1-6H3/b8-7-/t23-,25-,32+,33-/m1/s1. The highest BCUT2D eigenvalue weighted by Gasteiger charge is 2.36. The Morgan fingerprint density at radius 3 is 1.93 bits per heavy atom. The summed E-state index contributed by atoms with van der Waals surface area (Å²) >= 11 is 0. The van der Waals surface area contributed by atoms with E-state index in [1.807, 2.05) is 54.6 Å². The minimum absolute atomic E-state index is 0.0954. The molecule has 8 nitrogen and oxygen atoms in total. The molecule has 0 spiro atoms. The molecule has 1 aliphatic heterocycles. The fraction of sp³-hybridized carbons (Fsp3) is 0.394. The van der Waals surface area contributed by atoms with E-state index in [1.165, 1.54) is 0 Å². The number of rotatable bonds is 12. The maximum atomic E-state index is 11.4. The van der Waals surface area contributed by atoms with Gasteiger partial charge in [0, 0.05) is 5.92 Å². The fourth-order valence-electron chi connectivity index (χ4n) is 5.43. The topological polar surface area (TPSA) is 84.8 Å². The van der Waals surface area contributed by atoms with Crippen molar-refractivity contribution in [3.63, 3.8) is 0 Å².